The molecular weight excluding hydrogens is 400 g/mol. The van der Waals surface area contributed by atoms with E-state index in [4.69, 9.17) is 4.74 Å². The molecule has 0 bridgehead atoms. The molecule has 0 saturated heterocycles. The Kier molecular flexibility index (Phi) is 6.32. The number of aromatic nitrogens is 1. The Balaban J connectivity index is 2.34. The zero-order chi connectivity index (χ0) is 21.9. The van der Waals surface area contributed by atoms with Crippen LogP contribution in [0.5, 0.6) is 0 Å². The number of hydrogen-bond acceptors (Lipinski definition) is 8. The van der Waals surface area contributed by atoms with Gasteiger partial charge >= 0.3 is 11.0 Å². The first-order valence-electron chi connectivity index (χ1n) is 8.45. The number of nitro groups is 1. The molecule has 0 saturated carbocycles. The molecular formula is C18H20N4O6S. The van der Waals surface area contributed by atoms with Crippen LogP contribution in [0.4, 0.5) is 15.8 Å². The summed E-state index contributed by atoms with van der Waals surface area (Å²) >= 11 is 0.721. The number of esters is 1. The average molecular weight is 420 g/mol. The Labute approximate surface area is 170 Å². The van der Waals surface area contributed by atoms with Gasteiger partial charge in [-0.15, -0.1) is 0 Å². The number of thiazole rings is 1. The highest BCUT2D eigenvalue weighted by atomic mass is 32.1. The molecule has 0 spiro atoms. The molecule has 2 N–H and O–H groups in total. The van der Waals surface area contributed by atoms with Crippen molar-refractivity contribution in [2.45, 2.75) is 40.2 Å². The number of benzene rings is 1. The SMILES string of the molecule is CC(=O)Nc1cc(C(=O)OC(C)(C)C)ccc1C(=O)Nc1nc(C)c([N+](=O)[O-])s1. The van der Waals surface area contributed by atoms with E-state index in [1.807, 2.05) is 0 Å². The van der Waals surface area contributed by atoms with Crippen LogP contribution in [0, 0.1) is 17.0 Å². The van der Waals surface area contributed by atoms with Gasteiger partial charge in [-0.25, -0.2) is 9.78 Å². The molecule has 1 heterocycles. The summed E-state index contributed by atoms with van der Waals surface area (Å²) in [7, 11) is 0. The van der Waals surface area contributed by atoms with Crippen molar-refractivity contribution in [3.63, 3.8) is 0 Å². The Hall–Kier alpha value is -3.34. The van der Waals surface area contributed by atoms with Gasteiger partial charge in [0, 0.05) is 6.92 Å². The van der Waals surface area contributed by atoms with E-state index in [-0.39, 0.29) is 32.6 Å². The van der Waals surface area contributed by atoms with Crippen molar-refractivity contribution in [3.8, 4) is 0 Å². The van der Waals surface area contributed by atoms with E-state index in [1.165, 1.54) is 32.0 Å². The third kappa shape index (κ3) is 5.82. The van der Waals surface area contributed by atoms with Crippen molar-refractivity contribution >= 4 is 44.9 Å². The fraction of sp³-hybridized carbons (Fsp3) is 0.333. The van der Waals surface area contributed by atoms with Gasteiger partial charge in [0.15, 0.2) is 5.13 Å². The van der Waals surface area contributed by atoms with Crippen LogP contribution in [0.1, 0.15) is 54.1 Å². The molecule has 11 heteroatoms. The number of aryl methyl sites for hydroxylation is 1. The largest absolute Gasteiger partial charge is 0.456 e. The normalized spacial score (nSPS) is 10.9. The molecule has 29 heavy (non-hydrogen) atoms. The quantitative estimate of drug-likeness (QED) is 0.428. The summed E-state index contributed by atoms with van der Waals surface area (Å²) in [4.78, 5) is 50.8. The molecule has 2 rings (SSSR count). The van der Waals surface area contributed by atoms with Gasteiger partial charge in [-0.1, -0.05) is 0 Å². The Morgan fingerprint density at radius 1 is 1.21 bits per heavy atom. The zero-order valence-electron chi connectivity index (χ0n) is 16.5. The molecule has 0 aliphatic rings. The van der Waals surface area contributed by atoms with E-state index in [9.17, 15) is 24.5 Å². The monoisotopic (exact) mass is 420 g/mol. The topological polar surface area (TPSA) is 141 Å². The molecule has 10 nitrogen and oxygen atoms in total. The molecule has 0 atom stereocenters. The maximum Gasteiger partial charge on any atom is 0.348 e. The lowest BCUT2D eigenvalue weighted by molar-refractivity contribution is -0.380. The van der Waals surface area contributed by atoms with Crippen LogP contribution in [-0.2, 0) is 9.53 Å². The van der Waals surface area contributed by atoms with Crippen molar-refractivity contribution in [1.82, 2.24) is 4.98 Å². The predicted octanol–water partition coefficient (Wildman–Crippen LogP) is 3.53. The maximum atomic E-state index is 12.6. The fourth-order valence-corrected chi connectivity index (χ4v) is 3.05. The number of nitrogens with one attached hydrogen (secondary N) is 2. The molecule has 1 aromatic heterocycles. The van der Waals surface area contributed by atoms with Crippen LogP contribution < -0.4 is 10.6 Å². The number of ether oxygens (including phenoxy) is 1. The van der Waals surface area contributed by atoms with Gasteiger partial charge in [0.1, 0.15) is 11.3 Å². The minimum atomic E-state index is -0.710. The predicted molar refractivity (Wildman–Crippen MR) is 107 cm³/mol. The average Bonchev–Trinajstić information content (AvgIpc) is 2.93. The van der Waals surface area contributed by atoms with Crippen LogP contribution in [0.25, 0.3) is 0 Å². The van der Waals surface area contributed by atoms with E-state index in [0.29, 0.717) is 0 Å². The van der Waals surface area contributed by atoms with Gasteiger partial charge in [-0.2, -0.15) is 0 Å². The second kappa shape index (κ2) is 8.35. The van der Waals surface area contributed by atoms with Crippen molar-refractivity contribution in [2.24, 2.45) is 0 Å². The van der Waals surface area contributed by atoms with E-state index < -0.39 is 28.3 Å². The first-order chi connectivity index (χ1) is 13.4. The van der Waals surface area contributed by atoms with Gasteiger partial charge in [-0.05, 0) is 57.2 Å². The van der Waals surface area contributed by atoms with Crippen LogP contribution >= 0.6 is 11.3 Å². The van der Waals surface area contributed by atoms with Crippen molar-refractivity contribution in [3.05, 3.63) is 45.1 Å². The molecule has 154 valence electrons. The molecule has 2 aromatic rings. The smallest absolute Gasteiger partial charge is 0.348 e. The van der Waals surface area contributed by atoms with Crippen LogP contribution in [0.3, 0.4) is 0 Å². The summed E-state index contributed by atoms with van der Waals surface area (Å²) in [6.07, 6.45) is 0. The van der Waals surface area contributed by atoms with E-state index in [0.717, 1.165) is 11.3 Å². The van der Waals surface area contributed by atoms with Crippen molar-refractivity contribution in [2.75, 3.05) is 10.6 Å². The molecule has 0 radical (unpaired) electrons. The highest BCUT2D eigenvalue weighted by Crippen LogP contribution is 2.30. The fourth-order valence-electron chi connectivity index (χ4n) is 2.27. The Morgan fingerprint density at radius 3 is 2.38 bits per heavy atom. The van der Waals surface area contributed by atoms with E-state index in [2.05, 4.69) is 15.6 Å². The van der Waals surface area contributed by atoms with E-state index in [1.54, 1.807) is 20.8 Å². The summed E-state index contributed by atoms with van der Waals surface area (Å²) in [5.41, 5.74) is -0.221. The highest BCUT2D eigenvalue weighted by molar-refractivity contribution is 7.19. The third-order valence-corrected chi connectivity index (χ3v) is 4.39. The Bertz CT molecular complexity index is 993. The number of carbonyl (C=O) groups excluding carboxylic acids is 3. The lowest BCUT2D eigenvalue weighted by atomic mass is 10.1. The summed E-state index contributed by atoms with van der Waals surface area (Å²) in [6, 6.07) is 4.08. The zero-order valence-corrected chi connectivity index (χ0v) is 17.3. The van der Waals surface area contributed by atoms with Crippen molar-refractivity contribution < 1.29 is 24.0 Å². The molecule has 1 aromatic carbocycles. The summed E-state index contributed by atoms with van der Waals surface area (Å²) in [5.74, 6) is -1.70. The lowest BCUT2D eigenvalue weighted by Gasteiger charge is -2.20. The Morgan fingerprint density at radius 2 is 1.86 bits per heavy atom. The van der Waals surface area contributed by atoms with Crippen LogP contribution in [0.15, 0.2) is 18.2 Å². The number of nitrogens with zero attached hydrogens (tertiary/aromatic N) is 2. The number of carbonyl (C=O) groups is 3. The number of rotatable bonds is 5. The minimum Gasteiger partial charge on any atom is -0.456 e. The van der Waals surface area contributed by atoms with Gasteiger partial charge in [-0.3, -0.25) is 25.0 Å². The molecule has 0 aliphatic heterocycles. The molecule has 0 unspecified atom stereocenters. The highest BCUT2D eigenvalue weighted by Gasteiger charge is 2.23. The maximum absolute atomic E-state index is 12.6. The first kappa shape index (κ1) is 22.0. The molecule has 0 fully saturated rings. The lowest BCUT2D eigenvalue weighted by Crippen LogP contribution is -2.24. The minimum absolute atomic E-state index is 0.0455. The standard InChI is InChI=1S/C18H20N4O6S/c1-9-15(22(26)27)29-17(19-9)21-14(24)12-7-6-11(8-13(12)20-10(2)23)16(25)28-18(3,4)5/h6-8H,1-5H3,(H,20,23)(H,19,21,24). The first-order valence-corrected chi connectivity index (χ1v) is 9.27. The molecule has 2 amide bonds. The van der Waals surface area contributed by atoms with Gasteiger partial charge in [0.05, 0.1) is 21.7 Å². The number of hydrogen-bond donors (Lipinski definition) is 2. The van der Waals surface area contributed by atoms with Crippen LogP contribution in [0.2, 0.25) is 0 Å². The van der Waals surface area contributed by atoms with Gasteiger partial charge < -0.3 is 10.1 Å². The number of amides is 2. The summed E-state index contributed by atoms with van der Waals surface area (Å²) in [6.45, 7) is 7.88. The molecule has 0 aliphatic carbocycles. The second-order valence-electron chi connectivity index (χ2n) is 7.06. The van der Waals surface area contributed by atoms with Crippen molar-refractivity contribution in [1.29, 1.82) is 0 Å². The second-order valence-corrected chi connectivity index (χ2v) is 8.04. The van der Waals surface area contributed by atoms with Gasteiger partial charge in [0.25, 0.3) is 5.91 Å². The van der Waals surface area contributed by atoms with E-state index >= 15 is 0 Å². The summed E-state index contributed by atoms with van der Waals surface area (Å²) in [5, 5.41) is 15.8. The number of anilines is 2. The van der Waals surface area contributed by atoms with Gasteiger partial charge in [0.2, 0.25) is 5.91 Å². The van der Waals surface area contributed by atoms with Crippen LogP contribution in [-0.4, -0.2) is 33.3 Å². The summed E-state index contributed by atoms with van der Waals surface area (Å²) < 4.78 is 5.29. The third-order valence-electron chi connectivity index (χ3n) is 3.37.